The second-order valence-electron chi connectivity index (χ2n) is 4.35. The number of benzene rings is 1. The van der Waals surface area contributed by atoms with Crippen LogP contribution in [0, 0.1) is 11.6 Å². The van der Waals surface area contributed by atoms with Gasteiger partial charge in [-0.15, -0.1) is 12.4 Å². The number of piperazine rings is 1. The third-order valence-corrected chi connectivity index (χ3v) is 3.33. The summed E-state index contributed by atoms with van der Waals surface area (Å²) in [6.07, 6.45) is 0. The van der Waals surface area contributed by atoms with Crippen LogP contribution in [0.25, 0.3) is 0 Å². The molecule has 1 atom stereocenters. The fourth-order valence-corrected chi connectivity index (χ4v) is 2.42. The van der Waals surface area contributed by atoms with Crippen molar-refractivity contribution in [2.75, 3.05) is 19.6 Å². The van der Waals surface area contributed by atoms with Gasteiger partial charge in [0.05, 0.1) is 0 Å². The molecule has 7 heteroatoms. The van der Waals surface area contributed by atoms with Crippen molar-refractivity contribution in [2.24, 2.45) is 0 Å². The number of carbonyl (C=O) groups excluding carboxylic acids is 1. The molecule has 1 heterocycles. The molecular weight excluding hydrogens is 341 g/mol. The normalized spacial score (nSPS) is 18.9. The Balaban J connectivity index is 0.00000180. The Bertz CT molecular complexity index is 464. The lowest BCUT2D eigenvalue weighted by Gasteiger charge is -2.32. The lowest BCUT2D eigenvalue weighted by atomic mass is 10.1. The first-order chi connectivity index (χ1) is 8.49. The second-order valence-corrected chi connectivity index (χ2v) is 5.27. The van der Waals surface area contributed by atoms with E-state index >= 15 is 0 Å². The molecule has 2 rings (SSSR count). The van der Waals surface area contributed by atoms with Crippen molar-refractivity contribution in [3.05, 3.63) is 33.8 Å². The number of amides is 1. The molecule has 1 fully saturated rings. The SMILES string of the molecule is C[C@@H]1CN(C(=O)c2c(F)cc(Br)cc2F)CCN1.Cl. The molecular formula is C12H14BrClF2N2O. The molecule has 19 heavy (non-hydrogen) atoms. The van der Waals surface area contributed by atoms with Crippen LogP contribution in [-0.4, -0.2) is 36.5 Å². The predicted molar refractivity (Wildman–Crippen MR) is 74.7 cm³/mol. The first-order valence-corrected chi connectivity index (χ1v) is 6.45. The highest BCUT2D eigenvalue weighted by molar-refractivity contribution is 9.10. The summed E-state index contributed by atoms with van der Waals surface area (Å²) >= 11 is 2.99. The molecule has 0 radical (unpaired) electrons. The zero-order chi connectivity index (χ0) is 13.3. The minimum Gasteiger partial charge on any atom is -0.336 e. The van der Waals surface area contributed by atoms with Crippen molar-refractivity contribution in [1.82, 2.24) is 10.2 Å². The van der Waals surface area contributed by atoms with Crippen LogP contribution >= 0.6 is 28.3 Å². The predicted octanol–water partition coefficient (Wildman–Crippen LogP) is 2.58. The van der Waals surface area contributed by atoms with E-state index < -0.39 is 23.1 Å². The Labute approximate surface area is 124 Å². The molecule has 1 N–H and O–H groups in total. The third kappa shape index (κ3) is 3.64. The highest BCUT2D eigenvalue weighted by atomic mass is 79.9. The van der Waals surface area contributed by atoms with Gasteiger partial charge >= 0.3 is 0 Å². The van der Waals surface area contributed by atoms with Gasteiger partial charge < -0.3 is 10.2 Å². The fraction of sp³-hybridized carbons (Fsp3) is 0.417. The molecule has 3 nitrogen and oxygen atoms in total. The molecule has 0 unspecified atom stereocenters. The number of halogens is 4. The van der Waals surface area contributed by atoms with Crippen LogP contribution in [0.15, 0.2) is 16.6 Å². The molecule has 1 aromatic carbocycles. The van der Waals surface area contributed by atoms with Crippen molar-refractivity contribution >= 4 is 34.2 Å². The Hall–Kier alpha value is -0.720. The highest BCUT2D eigenvalue weighted by Crippen LogP contribution is 2.21. The van der Waals surface area contributed by atoms with E-state index in [1.54, 1.807) is 0 Å². The number of hydrogen-bond donors (Lipinski definition) is 1. The standard InChI is InChI=1S/C12H13BrF2N2O.ClH/c1-7-6-17(3-2-16-7)12(18)11-9(14)4-8(13)5-10(11)15;/h4-5,7,16H,2-3,6H2,1H3;1H/t7-;/m1./s1. The monoisotopic (exact) mass is 354 g/mol. The van der Waals surface area contributed by atoms with Gasteiger partial charge in [-0.05, 0) is 19.1 Å². The van der Waals surface area contributed by atoms with E-state index in [9.17, 15) is 13.6 Å². The van der Waals surface area contributed by atoms with Crippen LogP contribution < -0.4 is 5.32 Å². The zero-order valence-electron chi connectivity index (χ0n) is 10.3. The minimum absolute atomic E-state index is 0. The van der Waals surface area contributed by atoms with Crippen molar-refractivity contribution in [2.45, 2.75) is 13.0 Å². The Morgan fingerprint density at radius 3 is 2.53 bits per heavy atom. The number of hydrogen-bond acceptors (Lipinski definition) is 2. The lowest BCUT2D eigenvalue weighted by molar-refractivity contribution is 0.0699. The zero-order valence-corrected chi connectivity index (χ0v) is 12.7. The van der Waals surface area contributed by atoms with Gasteiger partial charge in [0.15, 0.2) is 0 Å². The minimum atomic E-state index is -0.835. The van der Waals surface area contributed by atoms with E-state index in [1.165, 1.54) is 4.90 Å². The van der Waals surface area contributed by atoms with Crippen LogP contribution in [-0.2, 0) is 0 Å². The largest absolute Gasteiger partial charge is 0.336 e. The lowest BCUT2D eigenvalue weighted by Crippen LogP contribution is -2.51. The van der Waals surface area contributed by atoms with Gasteiger partial charge in [-0.3, -0.25) is 4.79 Å². The van der Waals surface area contributed by atoms with Gasteiger partial charge in [0.2, 0.25) is 0 Å². The van der Waals surface area contributed by atoms with Crippen LogP contribution in [0.4, 0.5) is 8.78 Å². The van der Waals surface area contributed by atoms with E-state index in [4.69, 9.17) is 0 Å². The number of nitrogens with one attached hydrogen (secondary N) is 1. The van der Waals surface area contributed by atoms with E-state index in [1.807, 2.05) is 6.92 Å². The van der Waals surface area contributed by atoms with E-state index in [2.05, 4.69) is 21.2 Å². The Kier molecular flexibility index (Phi) is 5.70. The maximum atomic E-state index is 13.7. The smallest absolute Gasteiger partial charge is 0.259 e. The second kappa shape index (κ2) is 6.63. The topological polar surface area (TPSA) is 32.3 Å². The Morgan fingerprint density at radius 1 is 1.42 bits per heavy atom. The van der Waals surface area contributed by atoms with Gasteiger partial charge in [-0.25, -0.2) is 8.78 Å². The summed E-state index contributed by atoms with van der Waals surface area (Å²) in [7, 11) is 0. The van der Waals surface area contributed by atoms with Crippen molar-refractivity contribution in [3.8, 4) is 0 Å². The van der Waals surface area contributed by atoms with Crippen molar-refractivity contribution < 1.29 is 13.6 Å². The molecule has 0 spiro atoms. The Morgan fingerprint density at radius 2 is 2.00 bits per heavy atom. The molecule has 106 valence electrons. The first-order valence-electron chi connectivity index (χ1n) is 5.66. The molecule has 0 bridgehead atoms. The maximum Gasteiger partial charge on any atom is 0.259 e. The molecule has 1 amide bonds. The third-order valence-electron chi connectivity index (χ3n) is 2.88. The fourth-order valence-electron chi connectivity index (χ4n) is 2.02. The number of carbonyl (C=O) groups is 1. The molecule has 0 aliphatic carbocycles. The number of rotatable bonds is 1. The van der Waals surface area contributed by atoms with Crippen LogP contribution in [0.3, 0.4) is 0 Å². The molecule has 0 saturated carbocycles. The summed E-state index contributed by atoms with van der Waals surface area (Å²) in [5.41, 5.74) is -0.479. The number of nitrogens with zero attached hydrogens (tertiary/aromatic N) is 1. The summed E-state index contributed by atoms with van der Waals surface area (Å²) < 4.78 is 27.6. The average Bonchev–Trinajstić information content (AvgIpc) is 2.27. The molecule has 1 aromatic rings. The summed E-state index contributed by atoms with van der Waals surface area (Å²) in [5, 5.41) is 3.17. The summed E-state index contributed by atoms with van der Waals surface area (Å²) in [4.78, 5) is 13.6. The first kappa shape index (κ1) is 16.3. The van der Waals surface area contributed by atoms with Crippen molar-refractivity contribution in [3.63, 3.8) is 0 Å². The molecule has 1 aliphatic rings. The van der Waals surface area contributed by atoms with Crippen molar-refractivity contribution in [1.29, 1.82) is 0 Å². The van der Waals surface area contributed by atoms with Gasteiger partial charge in [-0.2, -0.15) is 0 Å². The summed E-state index contributed by atoms with van der Waals surface area (Å²) in [6, 6.07) is 2.33. The summed E-state index contributed by atoms with van der Waals surface area (Å²) in [6.45, 7) is 3.46. The van der Waals surface area contributed by atoms with Gasteiger partial charge in [-0.1, -0.05) is 15.9 Å². The average molecular weight is 356 g/mol. The van der Waals surface area contributed by atoms with E-state index in [0.717, 1.165) is 12.1 Å². The van der Waals surface area contributed by atoms with Crippen LogP contribution in [0.2, 0.25) is 0 Å². The highest BCUT2D eigenvalue weighted by Gasteiger charge is 2.26. The quantitative estimate of drug-likeness (QED) is 0.840. The van der Waals surface area contributed by atoms with Crippen LogP contribution in [0.1, 0.15) is 17.3 Å². The molecule has 1 saturated heterocycles. The van der Waals surface area contributed by atoms with E-state index in [0.29, 0.717) is 19.6 Å². The van der Waals surface area contributed by atoms with Gasteiger partial charge in [0, 0.05) is 30.1 Å². The van der Waals surface area contributed by atoms with Gasteiger partial charge in [0.1, 0.15) is 17.2 Å². The van der Waals surface area contributed by atoms with Crippen LogP contribution in [0.5, 0.6) is 0 Å². The molecule has 0 aromatic heterocycles. The van der Waals surface area contributed by atoms with E-state index in [-0.39, 0.29) is 22.9 Å². The molecule has 1 aliphatic heterocycles. The van der Waals surface area contributed by atoms with Gasteiger partial charge in [0.25, 0.3) is 5.91 Å². The maximum absolute atomic E-state index is 13.7. The summed E-state index contributed by atoms with van der Waals surface area (Å²) in [5.74, 6) is -2.26.